The van der Waals surface area contributed by atoms with Crippen LogP contribution < -0.4 is 11.1 Å². The highest BCUT2D eigenvalue weighted by molar-refractivity contribution is 7.13. The van der Waals surface area contributed by atoms with Crippen LogP contribution in [0.4, 0.5) is 5.69 Å². The van der Waals surface area contributed by atoms with Gasteiger partial charge in [-0.1, -0.05) is 0 Å². The molecule has 0 saturated heterocycles. The average Bonchev–Trinajstić information content (AvgIpc) is 3.06. The van der Waals surface area contributed by atoms with E-state index in [-0.39, 0.29) is 11.6 Å². The maximum absolute atomic E-state index is 12.2. The van der Waals surface area contributed by atoms with Gasteiger partial charge in [-0.15, -0.1) is 11.3 Å². The van der Waals surface area contributed by atoms with Crippen LogP contribution in [0.2, 0.25) is 0 Å². The van der Waals surface area contributed by atoms with Crippen molar-refractivity contribution in [3.05, 3.63) is 59.5 Å². The van der Waals surface area contributed by atoms with E-state index in [2.05, 4.69) is 20.3 Å². The third-order valence-electron chi connectivity index (χ3n) is 2.95. The Balaban J connectivity index is 1.74. The Labute approximate surface area is 135 Å². The molecule has 7 nitrogen and oxygen atoms in total. The number of amides is 2. The van der Waals surface area contributed by atoms with Gasteiger partial charge in [0.25, 0.3) is 5.91 Å². The van der Waals surface area contributed by atoms with Gasteiger partial charge in [0.15, 0.2) is 0 Å². The Bertz CT molecular complexity index is 846. The Morgan fingerprint density at radius 2 is 1.91 bits per heavy atom. The highest BCUT2D eigenvalue weighted by Crippen LogP contribution is 2.21. The van der Waals surface area contributed by atoms with Crippen molar-refractivity contribution in [1.82, 2.24) is 15.0 Å². The van der Waals surface area contributed by atoms with Crippen LogP contribution in [0, 0.1) is 0 Å². The van der Waals surface area contributed by atoms with Gasteiger partial charge in [0, 0.05) is 29.0 Å². The first-order valence-electron chi connectivity index (χ1n) is 6.56. The van der Waals surface area contributed by atoms with E-state index in [4.69, 9.17) is 5.73 Å². The summed E-state index contributed by atoms with van der Waals surface area (Å²) in [6.07, 6.45) is 4.72. The highest BCUT2D eigenvalue weighted by atomic mass is 32.1. The zero-order chi connectivity index (χ0) is 16.2. The van der Waals surface area contributed by atoms with Crippen LogP contribution in [0.15, 0.2) is 48.2 Å². The number of nitrogens with one attached hydrogen (secondary N) is 1. The molecule has 2 heterocycles. The second-order valence-electron chi connectivity index (χ2n) is 4.52. The van der Waals surface area contributed by atoms with E-state index < -0.39 is 5.91 Å². The number of nitrogens with two attached hydrogens (primary N) is 1. The predicted molar refractivity (Wildman–Crippen MR) is 86.1 cm³/mol. The summed E-state index contributed by atoms with van der Waals surface area (Å²) in [4.78, 5) is 35.6. The van der Waals surface area contributed by atoms with Gasteiger partial charge in [0.2, 0.25) is 5.91 Å². The number of hydrogen-bond donors (Lipinski definition) is 2. The van der Waals surface area contributed by atoms with Crippen molar-refractivity contribution in [2.45, 2.75) is 0 Å². The molecule has 114 valence electrons. The van der Waals surface area contributed by atoms with Gasteiger partial charge in [0.05, 0.1) is 6.20 Å². The average molecular weight is 325 g/mol. The van der Waals surface area contributed by atoms with Crippen LogP contribution in [0.1, 0.15) is 20.8 Å². The van der Waals surface area contributed by atoms with Crippen LogP contribution in [0.3, 0.4) is 0 Å². The molecule has 0 aliphatic carbocycles. The fourth-order valence-electron chi connectivity index (χ4n) is 1.82. The van der Waals surface area contributed by atoms with E-state index in [9.17, 15) is 9.59 Å². The van der Waals surface area contributed by atoms with E-state index >= 15 is 0 Å². The van der Waals surface area contributed by atoms with E-state index in [1.54, 1.807) is 48.2 Å². The molecular weight excluding hydrogens is 314 g/mol. The maximum atomic E-state index is 12.2. The minimum Gasteiger partial charge on any atom is -0.366 e. The summed E-state index contributed by atoms with van der Waals surface area (Å²) in [7, 11) is 0. The third kappa shape index (κ3) is 3.38. The zero-order valence-electron chi connectivity index (χ0n) is 11.8. The van der Waals surface area contributed by atoms with Gasteiger partial charge in [-0.3, -0.25) is 19.6 Å². The monoisotopic (exact) mass is 325 g/mol. The van der Waals surface area contributed by atoms with Crippen molar-refractivity contribution >= 4 is 28.8 Å². The Hall–Kier alpha value is -3.13. The molecule has 3 N–H and O–H groups in total. The molecule has 2 aromatic heterocycles. The summed E-state index contributed by atoms with van der Waals surface area (Å²) in [6.45, 7) is 0. The molecule has 0 bridgehead atoms. The van der Waals surface area contributed by atoms with E-state index in [1.165, 1.54) is 11.3 Å². The van der Waals surface area contributed by atoms with Gasteiger partial charge in [0.1, 0.15) is 16.4 Å². The summed E-state index contributed by atoms with van der Waals surface area (Å²) in [5.41, 5.74) is 6.99. The third-order valence-corrected chi connectivity index (χ3v) is 3.81. The molecule has 0 aliphatic rings. The molecule has 8 heteroatoms. The van der Waals surface area contributed by atoms with Crippen molar-refractivity contribution in [3.8, 4) is 10.7 Å². The highest BCUT2D eigenvalue weighted by Gasteiger charge is 2.13. The number of benzene rings is 1. The molecule has 0 spiro atoms. The number of anilines is 1. The van der Waals surface area contributed by atoms with Crippen LogP contribution in [-0.4, -0.2) is 26.8 Å². The first kappa shape index (κ1) is 14.8. The Kier molecular flexibility index (Phi) is 4.07. The van der Waals surface area contributed by atoms with E-state index in [0.717, 1.165) is 0 Å². The lowest BCUT2D eigenvalue weighted by Crippen LogP contribution is -2.13. The lowest BCUT2D eigenvalue weighted by molar-refractivity contribution is 0.0998. The van der Waals surface area contributed by atoms with E-state index in [0.29, 0.717) is 22.0 Å². The van der Waals surface area contributed by atoms with Crippen LogP contribution in [0.5, 0.6) is 0 Å². The number of carbonyl (C=O) groups excluding carboxylic acids is 2. The predicted octanol–water partition coefficient (Wildman–Crippen LogP) is 1.95. The molecule has 2 amide bonds. The fraction of sp³-hybridized carbons (Fsp3) is 0. The quantitative estimate of drug-likeness (QED) is 0.761. The van der Waals surface area contributed by atoms with Crippen molar-refractivity contribution in [2.24, 2.45) is 5.73 Å². The second-order valence-corrected chi connectivity index (χ2v) is 5.38. The molecule has 0 atom stereocenters. The SMILES string of the molecule is NC(=O)c1ccc(NC(=O)c2csc(-c3cnccn3)n2)cc1. The number of hydrogen-bond acceptors (Lipinski definition) is 6. The number of thiazole rings is 1. The second kappa shape index (κ2) is 6.32. The number of rotatable bonds is 4. The van der Waals surface area contributed by atoms with Crippen LogP contribution >= 0.6 is 11.3 Å². The Morgan fingerprint density at radius 1 is 1.13 bits per heavy atom. The molecule has 0 fully saturated rings. The molecule has 0 unspecified atom stereocenters. The van der Waals surface area contributed by atoms with Gasteiger partial charge < -0.3 is 11.1 Å². The van der Waals surface area contributed by atoms with Gasteiger partial charge in [-0.25, -0.2) is 4.98 Å². The standard InChI is InChI=1S/C15H11N5O2S/c16-13(21)9-1-3-10(4-2-9)19-14(22)12-8-23-15(20-12)11-7-17-5-6-18-11/h1-8H,(H2,16,21)(H,19,22). The molecule has 3 rings (SSSR count). The minimum atomic E-state index is -0.518. The van der Waals surface area contributed by atoms with Crippen molar-refractivity contribution < 1.29 is 9.59 Å². The summed E-state index contributed by atoms with van der Waals surface area (Å²) in [6, 6.07) is 6.30. The summed E-state index contributed by atoms with van der Waals surface area (Å²) < 4.78 is 0. The van der Waals surface area contributed by atoms with Gasteiger partial charge >= 0.3 is 0 Å². The molecule has 0 radical (unpaired) electrons. The van der Waals surface area contributed by atoms with Crippen molar-refractivity contribution in [1.29, 1.82) is 0 Å². The van der Waals surface area contributed by atoms with E-state index in [1.807, 2.05) is 0 Å². The normalized spacial score (nSPS) is 10.3. The smallest absolute Gasteiger partial charge is 0.275 e. The number of nitrogens with zero attached hydrogens (tertiary/aromatic N) is 3. The molecule has 3 aromatic rings. The lowest BCUT2D eigenvalue weighted by Gasteiger charge is -2.03. The first-order chi connectivity index (χ1) is 11.1. The minimum absolute atomic E-state index is 0.287. The van der Waals surface area contributed by atoms with Crippen LogP contribution in [-0.2, 0) is 0 Å². The first-order valence-corrected chi connectivity index (χ1v) is 7.44. The maximum Gasteiger partial charge on any atom is 0.275 e. The molecule has 0 aliphatic heterocycles. The zero-order valence-corrected chi connectivity index (χ0v) is 12.6. The van der Waals surface area contributed by atoms with Gasteiger partial charge in [-0.2, -0.15) is 0 Å². The van der Waals surface area contributed by atoms with Crippen molar-refractivity contribution in [3.63, 3.8) is 0 Å². The summed E-state index contributed by atoms with van der Waals surface area (Å²) in [5.74, 6) is -0.862. The Morgan fingerprint density at radius 3 is 2.57 bits per heavy atom. The molecule has 23 heavy (non-hydrogen) atoms. The van der Waals surface area contributed by atoms with Gasteiger partial charge in [-0.05, 0) is 24.3 Å². The topological polar surface area (TPSA) is 111 Å². The van der Waals surface area contributed by atoms with Crippen molar-refractivity contribution in [2.75, 3.05) is 5.32 Å². The summed E-state index contributed by atoms with van der Waals surface area (Å²) >= 11 is 1.31. The summed E-state index contributed by atoms with van der Waals surface area (Å²) in [5, 5.41) is 4.97. The molecule has 0 saturated carbocycles. The number of carbonyl (C=O) groups is 2. The lowest BCUT2D eigenvalue weighted by atomic mass is 10.2. The molecular formula is C15H11N5O2S. The largest absolute Gasteiger partial charge is 0.366 e. The number of aromatic nitrogens is 3. The molecule has 1 aromatic carbocycles. The van der Waals surface area contributed by atoms with Crippen LogP contribution in [0.25, 0.3) is 10.7 Å². The number of primary amides is 1. The fourth-order valence-corrected chi connectivity index (χ4v) is 2.58.